The maximum Gasteiger partial charge on any atom is 0.289 e. The van der Waals surface area contributed by atoms with Crippen molar-refractivity contribution < 1.29 is 9.59 Å². The molecule has 112 valence electrons. The Morgan fingerprint density at radius 3 is 2.40 bits per heavy atom. The van der Waals surface area contributed by atoms with Crippen LogP contribution in [-0.4, -0.2) is 42.8 Å². The van der Waals surface area contributed by atoms with E-state index in [1.807, 2.05) is 4.90 Å². The van der Waals surface area contributed by atoms with Gasteiger partial charge in [-0.05, 0) is 50.1 Å². The molecule has 2 aliphatic heterocycles. The average molecular weight is 278 g/mol. The topological polar surface area (TPSA) is 49.4 Å². The molecule has 0 bridgehead atoms. The lowest BCUT2D eigenvalue weighted by molar-refractivity contribution is -0.148. The summed E-state index contributed by atoms with van der Waals surface area (Å²) >= 11 is 0. The molecule has 3 fully saturated rings. The van der Waals surface area contributed by atoms with E-state index in [9.17, 15) is 9.59 Å². The van der Waals surface area contributed by atoms with Crippen LogP contribution in [0.4, 0.5) is 0 Å². The van der Waals surface area contributed by atoms with Gasteiger partial charge in [0.1, 0.15) is 0 Å². The van der Waals surface area contributed by atoms with Gasteiger partial charge in [0.2, 0.25) is 5.78 Å². The molecule has 4 heteroatoms. The van der Waals surface area contributed by atoms with Crippen molar-refractivity contribution in [3.05, 3.63) is 0 Å². The lowest BCUT2D eigenvalue weighted by Gasteiger charge is -2.45. The smallest absolute Gasteiger partial charge is 0.289 e. The number of likely N-dealkylation sites (tertiary alicyclic amines) is 1. The zero-order valence-electron chi connectivity index (χ0n) is 12.3. The second-order valence-corrected chi connectivity index (χ2v) is 7.04. The maximum absolute atomic E-state index is 12.4. The molecule has 1 aliphatic carbocycles. The highest BCUT2D eigenvalue weighted by Crippen LogP contribution is 2.43. The zero-order valence-corrected chi connectivity index (χ0v) is 12.3. The van der Waals surface area contributed by atoms with Gasteiger partial charge in [0.05, 0.1) is 0 Å². The molecule has 1 amide bonds. The highest BCUT2D eigenvalue weighted by molar-refractivity contribution is 6.36. The zero-order chi connectivity index (χ0) is 14.0. The third kappa shape index (κ3) is 2.90. The number of hydrogen-bond acceptors (Lipinski definition) is 3. The summed E-state index contributed by atoms with van der Waals surface area (Å²) in [4.78, 5) is 26.3. The fraction of sp³-hybridized carbons (Fsp3) is 0.875. The van der Waals surface area contributed by atoms with Crippen molar-refractivity contribution in [2.75, 3.05) is 26.2 Å². The van der Waals surface area contributed by atoms with Crippen LogP contribution in [0.2, 0.25) is 0 Å². The lowest BCUT2D eigenvalue weighted by atomic mass is 9.69. The summed E-state index contributed by atoms with van der Waals surface area (Å²) < 4.78 is 0. The molecule has 0 aromatic carbocycles. The van der Waals surface area contributed by atoms with Crippen LogP contribution >= 0.6 is 0 Å². The minimum Gasteiger partial charge on any atom is -0.336 e. The van der Waals surface area contributed by atoms with Gasteiger partial charge in [-0.2, -0.15) is 0 Å². The van der Waals surface area contributed by atoms with Crippen LogP contribution in [0.5, 0.6) is 0 Å². The Morgan fingerprint density at radius 2 is 1.75 bits per heavy atom. The SMILES string of the molecule is O=C(CC1CNC1)C(=O)N1CCCC2(CCCCC2)C1. The Morgan fingerprint density at radius 1 is 1.05 bits per heavy atom. The fourth-order valence-electron chi connectivity index (χ4n) is 4.11. The van der Waals surface area contributed by atoms with Crippen LogP contribution < -0.4 is 5.32 Å². The van der Waals surface area contributed by atoms with Crippen LogP contribution in [0.25, 0.3) is 0 Å². The van der Waals surface area contributed by atoms with Crippen molar-refractivity contribution in [3.63, 3.8) is 0 Å². The van der Waals surface area contributed by atoms with E-state index in [2.05, 4.69) is 5.32 Å². The first-order chi connectivity index (χ1) is 9.69. The second kappa shape index (κ2) is 5.84. The van der Waals surface area contributed by atoms with E-state index in [4.69, 9.17) is 0 Å². The molecule has 0 radical (unpaired) electrons. The number of nitrogens with zero attached hydrogens (tertiary/aromatic N) is 1. The number of piperidine rings is 1. The summed E-state index contributed by atoms with van der Waals surface area (Å²) in [5, 5.41) is 3.15. The molecule has 3 rings (SSSR count). The number of Topliss-reactive ketones (excluding diaryl/α,β-unsaturated/α-hetero) is 1. The van der Waals surface area contributed by atoms with E-state index in [1.54, 1.807) is 0 Å². The summed E-state index contributed by atoms with van der Waals surface area (Å²) in [5.41, 5.74) is 0.338. The van der Waals surface area contributed by atoms with E-state index >= 15 is 0 Å². The van der Waals surface area contributed by atoms with Crippen molar-refractivity contribution >= 4 is 11.7 Å². The number of amides is 1. The van der Waals surface area contributed by atoms with Crippen molar-refractivity contribution in [1.29, 1.82) is 0 Å². The van der Waals surface area contributed by atoms with Gasteiger partial charge in [-0.15, -0.1) is 0 Å². The largest absolute Gasteiger partial charge is 0.336 e. The summed E-state index contributed by atoms with van der Waals surface area (Å²) in [7, 11) is 0. The van der Waals surface area contributed by atoms with Crippen molar-refractivity contribution in [1.82, 2.24) is 10.2 Å². The van der Waals surface area contributed by atoms with E-state index in [-0.39, 0.29) is 11.7 Å². The lowest BCUT2D eigenvalue weighted by Crippen LogP contribution is -2.50. The Kier molecular flexibility index (Phi) is 4.11. The first-order valence-electron chi connectivity index (χ1n) is 8.21. The summed E-state index contributed by atoms with van der Waals surface area (Å²) in [6.07, 6.45) is 9.18. The van der Waals surface area contributed by atoms with Gasteiger partial charge in [-0.1, -0.05) is 19.3 Å². The molecule has 0 unspecified atom stereocenters. The number of carbonyl (C=O) groups excluding carboxylic acids is 2. The van der Waals surface area contributed by atoms with Crippen molar-refractivity contribution in [3.8, 4) is 0 Å². The Hall–Kier alpha value is -0.900. The van der Waals surface area contributed by atoms with Gasteiger partial charge in [-0.3, -0.25) is 9.59 Å². The normalized spacial score (nSPS) is 26.3. The minimum absolute atomic E-state index is 0.163. The number of nitrogens with one attached hydrogen (secondary N) is 1. The molecule has 0 atom stereocenters. The number of carbonyl (C=O) groups is 2. The molecule has 1 N–H and O–H groups in total. The third-order valence-corrected chi connectivity index (χ3v) is 5.44. The molecule has 20 heavy (non-hydrogen) atoms. The van der Waals surface area contributed by atoms with Gasteiger partial charge < -0.3 is 10.2 Å². The Bertz CT molecular complexity index is 378. The van der Waals surface area contributed by atoms with E-state index in [0.29, 0.717) is 17.8 Å². The molecule has 1 saturated carbocycles. The highest BCUT2D eigenvalue weighted by Gasteiger charge is 2.39. The van der Waals surface area contributed by atoms with Crippen LogP contribution in [0.15, 0.2) is 0 Å². The summed E-state index contributed by atoms with van der Waals surface area (Å²) in [5.74, 6) is 0.0192. The molecular weight excluding hydrogens is 252 g/mol. The van der Waals surface area contributed by atoms with E-state index in [0.717, 1.165) is 32.6 Å². The third-order valence-electron chi connectivity index (χ3n) is 5.44. The summed E-state index contributed by atoms with van der Waals surface area (Å²) in [6.45, 7) is 3.40. The molecule has 2 heterocycles. The molecule has 4 nitrogen and oxygen atoms in total. The van der Waals surface area contributed by atoms with Crippen molar-refractivity contribution in [2.45, 2.75) is 51.4 Å². The predicted octanol–water partition coefficient (Wildman–Crippen LogP) is 1.74. The number of ketones is 1. The standard InChI is InChI=1S/C16H26N2O2/c19-14(9-13-10-17-11-13)15(20)18-8-4-7-16(12-18)5-2-1-3-6-16/h13,17H,1-12H2. The Balaban J connectivity index is 1.57. The van der Waals surface area contributed by atoms with Gasteiger partial charge >= 0.3 is 0 Å². The quantitative estimate of drug-likeness (QED) is 0.800. The van der Waals surface area contributed by atoms with Gasteiger partial charge in [0, 0.05) is 19.5 Å². The van der Waals surface area contributed by atoms with Crippen LogP contribution in [0, 0.1) is 11.3 Å². The fourth-order valence-corrected chi connectivity index (χ4v) is 4.11. The molecule has 3 aliphatic rings. The van der Waals surface area contributed by atoms with E-state index < -0.39 is 0 Å². The second-order valence-electron chi connectivity index (χ2n) is 7.04. The van der Waals surface area contributed by atoms with Crippen LogP contribution in [-0.2, 0) is 9.59 Å². The first-order valence-corrected chi connectivity index (χ1v) is 8.21. The molecule has 2 saturated heterocycles. The van der Waals surface area contributed by atoms with Crippen LogP contribution in [0.1, 0.15) is 51.4 Å². The van der Waals surface area contributed by atoms with Gasteiger partial charge in [0.25, 0.3) is 5.91 Å². The summed E-state index contributed by atoms with van der Waals surface area (Å²) in [6, 6.07) is 0. The van der Waals surface area contributed by atoms with Gasteiger partial charge in [0.15, 0.2) is 0 Å². The predicted molar refractivity (Wildman–Crippen MR) is 77.3 cm³/mol. The monoisotopic (exact) mass is 278 g/mol. The first kappa shape index (κ1) is 14.1. The molecular formula is C16H26N2O2. The Labute approximate surface area is 121 Å². The average Bonchev–Trinajstić information content (AvgIpc) is 2.43. The van der Waals surface area contributed by atoms with E-state index in [1.165, 1.54) is 38.5 Å². The van der Waals surface area contributed by atoms with Crippen LogP contribution in [0.3, 0.4) is 0 Å². The number of rotatable bonds is 3. The molecule has 1 spiro atoms. The molecule has 0 aromatic rings. The minimum atomic E-state index is -0.207. The van der Waals surface area contributed by atoms with Gasteiger partial charge in [-0.25, -0.2) is 0 Å². The van der Waals surface area contributed by atoms with Crippen molar-refractivity contribution in [2.24, 2.45) is 11.3 Å². The highest BCUT2D eigenvalue weighted by atomic mass is 16.2. The molecule has 0 aromatic heterocycles. The maximum atomic E-state index is 12.4. The number of hydrogen-bond donors (Lipinski definition) is 1.